The third kappa shape index (κ3) is 4.09. The number of aliphatic hydroxyl groups is 1. The number of thiophene rings is 1. The fourth-order valence-electron chi connectivity index (χ4n) is 3.86. The Labute approximate surface area is 169 Å². The SMILES string of the molecule is CCO[C@@H]1OC(C(=O)NC2CC2)=C[C@H](c2csc3ccccc23)[C@@H]1CCCO. The van der Waals surface area contributed by atoms with E-state index < -0.39 is 6.29 Å². The minimum absolute atomic E-state index is 0.00736. The van der Waals surface area contributed by atoms with Gasteiger partial charge >= 0.3 is 0 Å². The van der Waals surface area contributed by atoms with E-state index in [0.29, 0.717) is 18.8 Å². The molecule has 1 aliphatic heterocycles. The normalized spacial score (nSPS) is 24.6. The smallest absolute Gasteiger partial charge is 0.286 e. The first kappa shape index (κ1) is 19.4. The van der Waals surface area contributed by atoms with Crippen LogP contribution in [0.2, 0.25) is 0 Å². The summed E-state index contributed by atoms with van der Waals surface area (Å²) in [6, 6.07) is 8.62. The maximum atomic E-state index is 12.7. The lowest BCUT2D eigenvalue weighted by atomic mass is 9.80. The number of hydrogen-bond acceptors (Lipinski definition) is 5. The summed E-state index contributed by atoms with van der Waals surface area (Å²) in [6.45, 7) is 2.57. The molecule has 1 aromatic carbocycles. The number of allylic oxidation sites excluding steroid dienone is 1. The molecule has 2 aromatic rings. The predicted molar refractivity (Wildman–Crippen MR) is 110 cm³/mol. The minimum Gasteiger partial charge on any atom is -0.459 e. The second-order valence-corrected chi connectivity index (χ2v) is 8.37. The third-order valence-electron chi connectivity index (χ3n) is 5.42. The Hall–Kier alpha value is -1.89. The summed E-state index contributed by atoms with van der Waals surface area (Å²) in [6.07, 6.45) is 4.98. The Morgan fingerprint density at radius 1 is 1.36 bits per heavy atom. The molecule has 1 amide bonds. The maximum Gasteiger partial charge on any atom is 0.286 e. The number of fused-ring (bicyclic) bond motifs is 1. The van der Waals surface area contributed by atoms with Crippen LogP contribution in [0.5, 0.6) is 0 Å². The van der Waals surface area contributed by atoms with Crippen molar-refractivity contribution in [2.24, 2.45) is 5.92 Å². The van der Waals surface area contributed by atoms with E-state index in [1.54, 1.807) is 11.3 Å². The molecular weight excluding hydrogens is 374 g/mol. The van der Waals surface area contributed by atoms with Crippen molar-refractivity contribution in [1.82, 2.24) is 5.32 Å². The number of hydrogen-bond donors (Lipinski definition) is 2. The molecule has 150 valence electrons. The highest BCUT2D eigenvalue weighted by molar-refractivity contribution is 7.17. The van der Waals surface area contributed by atoms with Gasteiger partial charge in [-0.05, 0) is 61.1 Å². The number of benzene rings is 1. The molecule has 0 saturated heterocycles. The lowest BCUT2D eigenvalue weighted by Crippen LogP contribution is -2.39. The van der Waals surface area contributed by atoms with Gasteiger partial charge in [0.1, 0.15) is 0 Å². The number of nitrogens with one attached hydrogen (secondary N) is 1. The van der Waals surface area contributed by atoms with Crippen LogP contribution in [-0.4, -0.2) is 36.6 Å². The van der Waals surface area contributed by atoms with Crippen LogP contribution in [0.25, 0.3) is 10.1 Å². The molecule has 5 nitrogen and oxygen atoms in total. The van der Waals surface area contributed by atoms with E-state index >= 15 is 0 Å². The lowest BCUT2D eigenvalue weighted by Gasteiger charge is -2.37. The standard InChI is InChI=1S/C22H27NO4S/c1-2-26-22-16(7-5-11-24)17(12-19(27-22)21(25)23-14-9-10-14)18-13-28-20-8-4-3-6-15(18)20/h3-4,6,8,12-14,16-17,22,24H,2,5,7,9-11H2,1H3,(H,23,25)/t16-,17-,22+/m0/s1. The summed E-state index contributed by atoms with van der Waals surface area (Å²) in [4.78, 5) is 12.7. The quantitative estimate of drug-likeness (QED) is 0.703. The Morgan fingerprint density at radius 3 is 2.93 bits per heavy atom. The van der Waals surface area contributed by atoms with E-state index in [2.05, 4.69) is 22.8 Å². The molecule has 1 aliphatic carbocycles. The Morgan fingerprint density at radius 2 is 2.18 bits per heavy atom. The highest BCUT2D eigenvalue weighted by Gasteiger charge is 2.39. The lowest BCUT2D eigenvalue weighted by molar-refractivity contribution is -0.166. The summed E-state index contributed by atoms with van der Waals surface area (Å²) in [5.74, 6) is 0.249. The van der Waals surface area contributed by atoms with Gasteiger partial charge in [-0.2, -0.15) is 0 Å². The van der Waals surface area contributed by atoms with Crippen LogP contribution in [0.1, 0.15) is 44.1 Å². The highest BCUT2D eigenvalue weighted by atomic mass is 32.1. The summed E-state index contributed by atoms with van der Waals surface area (Å²) in [7, 11) is 0. The van der Waals surface area contributed by atoms with Crippen molar-refractivity contribution in [3.05, 3.63) is 47.0 Å². The zero-order chi connectivity index (χ0) is 19.5. The van der Waals surface area contributed by atoms with Gasteiger partial charge in [0.15, 0.2) is 5.76 Å². The molecule has 1 fully saturated rings. The molecule has 2 N–H and O–H groups in total. The molecule has 0 radical (unpaired) electrons. The van der Waals surface area contributed by atoms with E-state index in [9.17, 15) is 9.90 Å². The summed E-state index contributed by atoms with van der Waals surface area (Å²) in [5.41, 5.74) is 1.20. The number of amides is 1. The van der Waals surface area contributed by atoms with Crippen LogP contribution in [-0.2, 0) is 14.3 Å². The van der Waals surface area contributed by atoms with Gasteiger partial charge in [-0.3, -0.25) is 4.79 Å². The van der Waals surface area contributed by atoms with Crippen molar-refractivity contribution >= 4 is 27.3 Å². The van der Waals surface area contributed by atoms with Gasteiger partial charge in [0.05, 0.1) is 0 Å². The van der Waals surface area contributed by atoms with E-state index in [1.807, 2.05) is 25.1 Å². The molecule has 0 bridgehead atoms. The number of carbonyl (C=O) groups excluding carboxylic acids is 1. The van der Waals surface area contributed by atoms with Gasteiger partial charge < -0.3 is 19.9 Å². The summed E-state index contributed by atoms with van der Waals surface area (Å²) in [5, 5.41) is 15.8. The third-order valence-corrected chi connectivity index (χ3v) is 6.40. The van der Waals surface area contributed by atoms with Gasteiger partial charge in [0, 0.05) is 35.8 Å². The average molecular weight is 402 g/mol. The Bertz CT molecular complexity index is 857. The van der Waals surface area contributed by atoms with Crippen molar-refractivity contribution in [3.63, 3.8) is 0 Å². The fourth-order valence-corrected chi connectivity index (χ4v) is 4.87. The molecule has 2 heterocycles. The van der Waals surface area contributed by atoms with Crippen molar-refractivity contribution in [2.75, 3.05) is 13.2 Å². The molecule has 2 aliphatic rings. The first-order chi connectivity index (χ1) is 13.7. The number of aliphatic hydroxyl groups excluding tert-OH is 1. The van der Waals surface area contributed by atoms with Crippen molar-refractivity contribution in [3.8, 4) is 0 Å². The van der Waals surface area contributed by atoms with E-state index in [0.717, 1.165) is 19.3 Å². The monoisotopic (exact) mass is 401 g/mol. The van der Waals surface area contributed by atoms with Crippen LogP contribution in [0.4, 0.5) is 0 Å². The van der Waals surface area contributed by atoms with E-state index in [-0.39, 0.29) is 30.4 Å². The van der Waals surface area contributed by atoms with Gasteiger partial charge in [-0.1, -0.05) is 18.2 Å². The van der Waals surface area contributed by atoms with Gasteiger partial charge in [0.2, 0.25) is 6.29 Å². The van der Waals surface area contributed by atoms with Crippen LogP contribution in [0.3, 0.4) is 0 Å². The molecule has 4 rings (SSSR count). The number of rotatable bonds is 8. The van der Waals surface area contributed by atoms with Crippen molar-refractivity contribution in [1.29, 1.82) is 0 Å². The van der Waals surface area contributed by atoms with Crippen LogP contribution in [0.15, 0.2) is 41.5 Å². The molecule has 6 heteroatoms. The topological polar surface area (TPSA) is 67.8 Å². The highest BCUT2D eigenvalue weighted by Crippen LogP contribution is 2.43. The Kier molecular flexibility index (Phi) is 5.99. The average Bonchev–Trinajstić information content (AvgIpc) is 3.42. The zero-order valence-electron chi connectivity index (χ0n) is 16.1. The van der Waals surface area contributed by atoms with Crippen molar-refractivity contribution < 1.29 is 19.4 Å². The molecule has 1 aromatic heterocycles. The summed E-state index contributed by atoms with van der Waals surface area (Å²) >= 11 is 1.72. The van der Waals surface area contributed by atoms with E-state index in [4.69, 9.17) is 9.47 Å². The molecule has 3 atom stereocenters. The first-order valence-electron chi connectivity index (χ1n) is 10.1. The zero-order valence-corrected chi connectivity index (χ0v) is 16.9. The van der Waals surface area contributed by atoms with Gasteiger partial charge in [0.25, 0.3) is 5.91 Å². The van der Waals surface area contributed by atoms with Crippen molar-refractivity contribution in [2.45, 2.75) is 50.9 Å². The van der Waals surface area contributed by atoms with Crippen LogP contribution < -0.4 is 5.32 Å². The molecule has 0 unspecified atom stereocenters. The molecular formula is C22H27NO4S. The second kappa shape index (κ2) is 8.64. The predicted octanol–water partition coefficient (Wildman–Crippen LogP) is 3.93. The number of carbonyl (C=O) groups is 1. The number of ether oxygens (including phenoxy) is 2. The molecule has 28 heavy (non-hydrogen) atoms. The van der Waals surface area contributed by atoms with E-state index in [1.165, 1.54) is 15.6 Å². The molecule has 0 spiro atoms. The van der Waals surface area contributed by atoms with Gasteiger partial charge in [-0.15, -0.1) is 11.3 Å². The van der Waals surface area contributed by atoms with Crippen LogP contribution in [0, 0.1) is 5.92 Å². The summed E-state index contributed by atoms with van der Waals surface area (Å²) < 4.78 is 13.2. The first-order valence-corrected chi connectivity index (χ1v) is 11.0. The second-order valence-electron chi connectivity index (χ2n) is 7.46. The Balaban J connectivity index is 1.72. The van der Waals surface area contributed by atoms with Crippen LogP contribution >= 0.6 is 11.3 Å². The largest absolute Gasteiger partial charge is 0.459 e. The minimum atomic E-state index is -0.495. The molecule has 1 saturated carbocycles. The maximum absolute atomic E-state index is 12.7. The fraction of sp³-hybridized carbons (Fsp3) is 0.500. The van der Waals surface area contributed by atoms with Gasteiger partial charge in [-0.25, -0.2) is 0 Å².